The first-order chi connectivity index (χ1) is 8.83. The Hall–Kier alpha value is -0.760. The Bertz CT molecular complexity index is 419. The number of hydrogen-bond acceptors (Lipinski definition) is 2. The van der Waals surface area contributed by atoms with Crippen LogP contribution in [0.15, 0.2) is 12.1 Å². The van der Waals surface area contributed by atoms with Gasteiger partial charge in [0.15, 0.2) is 0 Å². The highest BCUT2D eigenvalue weighted by atomic mass is 35.5. The molecule has 2 unspecified atom stereocenters. The van der Waals surface area contributed by atoms with Crippen molar-refractivity contribution in [3.05, 3.63) is 23.4 Å². The Balaban J connectivity index is 1.71. The molecule has 0 spiro atoms. The van der Waals surface area contributed by atoms with Crippen LogP contribution in [0.2, 0.25) is 0 Å². The van der Waals surface area contributed by atoms with Gasteiger partial charge in [0, 0.05) is 11.7 Å². The molecule has 1 fully saturated rings. The summed E-state index contributed by atoms with van der Waals surface area (Å²) in [6.07, 6.45) is 9.77. The number of rotatable bonds is 2. The molecule has 0 aliphatic heterocycles. The van der Waals surface area contributed by atoms with Crippen molar-refractivity contribution in [2.24, 2.45) is 0 Å². The number of aryl methyl sites for hydroxylation is 2. The minimum absolute atomic E-state index is 0.252. The summed E-state index contributed by atoms with van der Waals surface area (Å²) in [5, 5.41) is 3.81. The van der Waals surface area contributed by atoms with Gasteiger partial charge in [-0.05, 0) is 43.7 Å². The molecule has 1 aromatic rings. The van der Waals surface area contributed by atoms with E-state index in [1.807, 2.05) is 0 Å². The lowest BCUT2D eigenvalue weighted by molar-refractivity contribution is 0.624. The maximum atomic E-state index is 6.46. The van der Waals surface area contributed by atoms with E-state index >= 15 is 0 Å². The van der Waals surface area contributed by atoms with E-state index in [9.17, 15) is 0 Å². The Labute approximate surface area is 114 Å². The summed E-state index contributed by atoms with van der Waals surface area (Å²) < 4.78 is 0. The maximum absolute atomic E-state index is 6.46. The van der Waals surface area contributed by atoms with Crippen LogP contribution in [0.4, 0.5) is 5.82 Å². The van der Waals surface area contributed by atoms with Gasteiger partial charge in [0.25, 0.3) is 0 Å². The van der Waals surface area contributed by atoms with Crippen molar-refractivity contribution in [3.63, 3.8) is 0 Å². The molecule has 98 valence electrons. The maximum Gasteiger partial charge on any atom is 0.126 e. The summed E-state index contributed by atoms with van der Waals surface area (Å²) in [6.45, 7) is 0. The van der Waals surface area contributed by atoms with Gasteiger partial charge in [-0.2, -0.15) is 0 Å². The summed E-state index contributed by atoms with van der Waals surface area (Å²) in [5.41, 5.74) is 2.73. The number of nitrogens with zero attached hydrogens (tertiary/aromatic N) is 1. The van der Waals surface area contributed by atoms with E-state index in [2.05, 4.69) is 17.4 Å². The fourth-order valence-electron chi connectivity index (χ4n) is 3.12. The summed E-state index contributed by atoms with van der Waals surface area (Å²) in [4.78, 5) is 4.74. The zero-order valence-corrected chi connectivity index (χ0v) is 11.5. The SMILES string of the molecule is ClC1CCCCCC1Nc1ccc2c(n1)CCC2. The van der Waals surface area contributed by atoms with Crippen LogP contribution in [0.25, 0.3) is 0 Å². The van der Waals surface area contributed by atoms with Gasteiger partial charge in [0.05, 0.1) is 5.38 Å². The number of nitrogens with one attached hydrogen (secondary N) is 1. The normalized spacial score (nSPS) is 27.6. The molecule has 1 heterocycles. The molecule has 0 saturated heterocycles. The molecule has 2 aliphatic rings. The molecule has 1 N–H and O–H groups in total. The number of halogens is 1. The zero-order valence-electron chi connectivity index (χ0n) is 10.8. The molecule has 2 nitrogen and oxygen atoms in total. The van der Waals surface area contributed by atoms with Crippen molar-refractivity contribution in [2.45, 2.75) is 62.8 Å². The van der Waals surface area contributed by atoms with Crippen molar-refractivity contribution in [3.8, 4) is 0 Å². The standard InChI is InChI=1S/C15H21ClN2/c16-12-6-2-1-3-7-14(12)18-15-10-9-11-5-4-8-13(11)17-15/h9-10,12,14H,1-8H2,(H,17,18). The van der Waals surface area contributed by atoms with Crippen molar-refractivity contribution >= 4 is 17.4 Å². The second kappa shape index (κ2) is 5.48. The van der Waals surface area contributed by atoms with Crippen LogP contribution in [0.5, 0.6) is 0 Å². The quantitative estimate of drug-likeness (QED) is 0.647. The molecule has 0 radical (unpaired) electrons. The smallest absolute Gasteiger partial charge is 0.126 e. The summed E-state index contributed by atoms with van der Waals surface area (Å²) in [6, 6.07) is 4.75. The molecule has 1 saturated carbocycles. The van der Waals surface area contributed by atoms with Crippen molar-refractivity contribution in [1.29, 1.82) is 0 Å². The summed E-state index contributed by atoms with van der Waals surface area (Å²) in [7, 11) is 0. The van der Waals surface area contributed by atoms with Crippen LogP contribution in [0.1, 0.15) is 49.8 Å². The second-order valence-electron chi connectivity index (χ2n) is 5.56. The van der Waals surface area contributed by atoms with Gasteiger partial charge in [0.2, 0.25) is 0 Å². The Morgan fingerprint density at radius 3 is 2.89 bits per heavy atom. The van der Waals surface area contributed by atoms with Crippen molar-refractivity contribution < 1.29 is 0 Å². The van der Waals surface area contributed by atoms with Gasteiger partial charge in [0.1, 0.15) is 5.82 Å². The molecule has 3 rings (SSSR count). The lowest BCUT2D eigenvalue weighted by Crippen LogP contribution is -2.29. The highest BCUT2D eigenvalue weighted by Gasteiger charge is 2.22. The van der Waals surface area contributed by atoms with Gasteiger partial charge in [-0.15, -0.1) is 11.6 Å². The van der Waals surface area contributed by atoms with Crippen LogP contribution in [0.3, 0.4) is 0 Å². The van der Waals surface area contributed by atoms with Gasteiger partial charge < -0.3 is 5.32 Å². The molecule has 18 heavy (non-hydrogen) atoms. The lowest BCUT2D eigenvalue weighted by Gasteiger charge is -2.22. The Morgan fingerprint density at radius 1 is 1.06 bits per heavy atom. The number of hydrogen-bond donors (Lipinski definition) is 1. The predicted molar refractivity (Wildman–Crippen MR) is 76.4 cm³/mol. The molecule has 3 heteroatoms. The Kier molecular flexibility index (Phi) is 3.74. The van der Waals surface area contributed by atoms with Crippen molar-refractivity contribution in [1.82, 2.24) is 4.98 Å². The molecule has 0 bridgehead atoms. The molecule has 0 aromatic carbocycles. The highest BCUT2D eigenvalue weighted by Crippen LogP contribution is 2.26. The number of alkyl halides is 1. The van der Waals surface area contributed by atoms with Crippen molar-refractivity contribution in [2.75, 3.05) is 5.32 Å². The fraction of sp³-hybridized carbons (Fsp3) is 0.667. The zero-order chi connectivity index (χ0) is 12.4. The number of pyridine rings is 1. The number of anilines is 1. The van der Waals surface area contributed by atoms with Gasteiger partial charge >= 0.3 is 0 Å². The first-order valence-corrected chi connectivity index (χ1v) is 7.66. The van der Waals surface area contributed by atoms with Crippen LogP contribution in [0, 0.1) is 0 Å². The average Bonchev–Trinajstić information content (AvgIpc) is 2.75. The van der Waals surface area contributed by atoms with E-state index in [1.165, 1.54) is 49.8 Å². The Morgan fingerprint density at radius 2 is 1.94 bits per heavy atom. The van der Waals surface area contributed by atoms with Gasteiger partial charge in [-0.25, -0.2) is 4.98 Å². The molecule has 0 amide bonds. The molecule has 2 atom stereocenters. The monoisotopic (exact) mass is 264 g/mol. The molecular weight excluding hydrogens is 244 g/mol. The van der Waals surface area contributed by atoms with E-state index in [4.69, 9.17) is 16.6 Å². The third-order valence-electron chi connectivity index (χ3n) is 4.19. The lowest BCUT2D eigenvalue weighted by atomic mass is 10.1. The predicted octanol–water partition coefficient (Wildman–Crippen LogP) is 3.92. The van der Waals surface area contributed by atoms with E-state index in [-0.39, 0.29) is 5.38 Å². The van der Waals surface area contributed by atoms with E-state index in [0.717, 1.165) is 18.7 Å². The fourth-order valence-corrected chi connectivity index (χ4v) is 3.46. The molecular formula is C15H21ClN2. The third kappa shape index (κ3) is 2.64. The summed E-state index contributed by atoms with van der Waals surface area (Å²) in [5.74, 6) is 1.02. The average molecular weight is 265 g/mol. The van der Waals surface area contributed by atoms with E-state index < -0.39 is 0 Å². The van der Waals surface area contributed by atoms with Crippen LogP contribution >= 0.6 is 11.6 Å². The highest BCUT2D eigenvalue weighted by molar-refractivity contribution is 6.21. The minimum Gasteiger partial charge on any atom is -0.366 e. The number of aromatic nitrogens is 1. The number of fused-ring (bicyclic) bond motifs is 1. The first kappa shape index (κ1) is 12.3. The van der Waals surface area contributed by atoms with Crippen LogP contribution < -0.4 is 5.32 Å². The summed E-state index contributed by atoms with van der Waals surface area (Å²) >= 11 is 6.46. The van der Waals surface area contributed by atoms with Crippen LogP contribution in [-0.4, -0.2) is 16.4 Å². The third-order valence-corrected chi connectivity index (χ3v) is 4.72. The van der Waals surface area contributed by atoms with Crippen LogP contribution in [-0.2, 0) is 12.8 Å². The largest absolute Gasteiger partial charge is 0.366 e. The van der Waals surface area contributed by atoms with E-state index in [1.54, 1.807) is 0 Å². The second-order valence-corrected chi connectivity index (χ2v) is 6.12. The topological polar surface area (TPSA) is 24.9 Å². The van der Waals surface area contributed by atoms with Gasteiger partial charge in [-0.1, -0.05) is 25.3 Å². The minimum atomic E-state index is 0.252. The van der Waals surface area contributed by atoms with E-state index in [0.29, 0.717) is 6.04 Å². The molecule has 1 aromatic heterocycles. The van der Waals surface area contributed by atoms with Gasteiger partial charge in [-0.3, -0.25) is 0 Å². The molecule has 2 aliphatic carbocycles. The first-order valence-electron chi connectivity index (χ1n) is 7.22.